The number of nitrogens with zero attached hydrogens (tertiary/aromatic N) is 2. The Morgan fingerprint density at radius 2 is 1.89 bits per heavy atom. The van der Waals surface area contributed by atoms with Crippen molar-refractivity contribution in [2.45, 2.75) is 71.4 Å². The van der Waals surface area contributed by atoms with Crippen LogP contribution in [0.25, 0.3) is 0 Å². The molecule has 1 aliphatic carbocycles. The quantitative estimate of drug-likeness (QED) is 0.240. The van der Waals surface area contributed by atoms with Crippen molar-refractivity contribution in [3.05, 3.63) is 0 Å². The van der Waals surface area contributed by atoms with E-state index in [-0.39, 0.29) is 36.1 Å². The number of piperidine rings is 1. The Kier molecular flexibility index (Phi) is 12.9. The normalized spacial score (nSPS) is 19.5. The average Bonchev–Trinajstić information content (AvgIpc) is 3.50. The molecule has 28 heavy (non-hydrogen) atoms. The van der Waals surface area contributed by atoms with Gasteiger partial charge in [0.15, 0.2) is 5.96 Å². The number of unbranched alkanes of at least 4 members (excludes halogenated alkanes) is 1. The SMILES string of the molecule is CCCCN1CCC(NC(=NCC(NC(=O)OCC)C2CC2)NCC)CC1.I. The van der Waals surface area contributed by atoms with Crippen molar-refractivity contribution in [3.63, 3.8) is 0 Å². The summed E-state index contributed by atoms with van der Waals surface area (Å²) in [4.78, 5) is 19.1. The first-order valence-corrected chi connectivity index (χ1v) is 10.9. The zero-order chi connectivity index (χ0) is 19.5. The van der Waals surface area contributed by atoms with Crippen LogP contribution >= 0.6 is 24.0 Å². The third-order valence-corrected chi connectivity index (χ3v) is 5.32. The van der Waals surface area contributed by atoms with Crippen molar-refractivity contribution in [1.82, 2.24) is 20.9 Å². The summed E-state index contributed by atoms with van der Waals surface area (Å²) in [5, 5.41) is 9.92. The van der Waals surface area contributed by atoms with Gasteiger partial charge < -0.3 is 25.6 Å². The summed E-state index contributed by atoms with van der Waals surface area (Å²) in [6.07, 6.45) is 6.85. The smallest absolute Gasteiger partial charge is 0.407 e. The van der Waals surface area contributed by atoms with Crippen molar-refractivity contribution in [2.75, 3.05) is 39.3 Å². The van der Waals surface area contributed by atoms with Crippen molar-refractivity contribution in [3.8, 4) is 0 Å². The number of nitrogens with one attached hydrogen (secondary N) is 3. The standard InChI is InChI=1S/C20H39N5O2.HI/c1-4-7-12-25-13-10-17(11-14-25)23-19(21-5-2)22-15-18(16-8-9-16)24-20(26)27-6-3;/h16-18H,4-15H2,1-3H3,(H,24,26)(H2,21,22,23);1H. The number of hydrogen-bond donors (Lipinski definition) is 3. The minimum absolute atomic E-state index is 0. The van der Waals surface area contributed by atoms with Crippen LogP contribution in [0.2, 0.25) is 0 Å². The number of carbonyl (C=O) groups is 1. The Morgan fingerprint density at radius 3 is 2.46 bits per heavy atom. The number of rotatable bonds is 10. The molecule has 8 heteroatoms. The van der Waals surface area contributed by atoms with E-state index in [9.17, 15) is 4.79 Å². The summed E-state index contributed by atoms with van der Waals surface area (Å²) in [5.41, 5.74) is 0. The van der Waals surface area contributed by atoms with E-state index in [2.05, 4.69) is 34.7 Å². The summed E-state index contributed by atoms with van der Waals surface area (Å²) in [7, 11) is 0. The highest BCUT2D eigenvalue weighted by Gasteiger charge is 2.32. The molecular formula is C20H40IN5O2. The van der Waals surface area contributed by atoms with Gasteiger partial charge in [-0.25, -0.2) is 4.79 Å². The number of hydrogen-bond acceptors (Lipinski definition) is 4. The van der Waals surface area contributed by atoms with Crippen LogP contribution in [0.15, 0.2) is 4.99 Å². The molecule has 1 saturated heterocycles. The number of alkyl carbamates (subject to hydrolysis) is 1. The van der Waals surface area contributed by atoms with Crippen LogP contribution in [-0.4, -0.2) is 68.4 Å². The number of ether oxygens (including phenoxy) is 1. The zero-order valence-electron chi connectivity index (χ0n) is 17.8. The molecule has 1 aliphatic heterocycles. The van der Waals surface area contributed by atoms with Crippen molar-refractivity contribution in [1.29, 1.82) is 0 Å². The van der Waals surface area contributed by atoms with E-state index >= 15 is 0 Å². The highest BCUT2D eigenvalue weighted by atomic mass is 127. The molecule has 1 unspecified atom stereocenters. The molecule has 1 heterocycles. The van der Waals surface area contributed by atoms with Crippen molar-refractivity contribution >= 4 is 36.0 Å². The summed E-state index contributed by atoms with van der Waals surface area (Å²) >= 11 is 0. The number of amides is 1. The van der Waals surface area contributed by atoms with E-state index < -0.39 is 0 Å². The van der Waals surface area contributed by atoms with Gasteiger partial charge in [0.1, 0.15) is 0 Å². The van der Waals surface area contributed by atoms with Crippen molar-refractivity contribution in [2.24, 2.45) is 10.9 Å². The molecule has 2 rings (SSSR count). The third kappa shape index (κ3) is 9.62. The molecule has 2 aliphatic rings. The summed E-state index contributed by atoms with van der Waals surface area (Å²) < 4.78 is 5.03. The van der Waals surface area contributed by atoms with Crippen LogP contribution in [0.1, 0.15) is 59.3 Å². The Bertz CT molecular complexity index is 466. The molecule has 1 atom stereocenters. The predicted octanol–water partition coefficient (Wildman–Crippen LogP) is 2.95. The van der Waals surface area contributed by atoms with E-state index in [0.717, 1.165) is 51.3 Å². The minimum atomic E-state index is -0.331. The Morgan fingerprint density at radius 1 is 1.18 bits per heavy atom. The molecule has 0 radical (unpaired) electrons. The first-order valence-electron chi connectivity index (χ1n) is 10.9. The maximum Gasteiger partial charge on any atom is 0.407 e. The fourth-order valence-corrected chi connectivity index (χ4v) is 3.52. The van der Waals surface area contributed by atoms with Crippen LogP contribution in [0.3, 0.4) is 0 Å². The van der Waals surface area contributed by atoms with Crippen LogP contribution in [0.5, 0.6) is 0 Å². The molecule has 0 spiro atoms. The largest absolute Gasteiger partial charge is 0.450 e. The maximum absolute atomic E-state index is 11.8. The number of halogens is 1. The third-order valence-electron chi connectivity index (χ3n) is 5.32. The van der Waals surface area contributed by atoms with Gasteiger partial charge in [-0.2, -0.15) is 0 Å². The minimum Gasteiger partial charge on any atom is -0.450 e. The first-order chi connectivity index (χ1) is 13.2. The Labute approximate surface area is 187 Å². The topological polar surface area (TPSA) is 78.0 Å². The van der Waals surface area contributed by atoms with E-state index in [1.54, 1.807) is 0 Å². The number of aliphatic imine (C=N–C) groups is 1. The fraction of sp³-hybridized carbons (Fsp3) is 0.900. The molecular weight excluding hydrogens is 469 g/mol. The molecule has 0 aromatic heterocycles. The van der Waals surface area contributed by atoms with Gasteiger partial charge in [-0.1, -0.05) is 13.3 Å². The van der Waals surface area contributed by atoms with E-state index in [1.807, 2.05) is 6.92 Å². The molecule has 7 nitrogen and oxygen atoms in total. The molecule has 1 amide bonds. The molecule has 0 aromatic rings. The van der Waals surface area contributed by atoms with E-state index in [4.69, 9.17) is 9.73 Å². The summed E-state index contributed by atoms with van der Waals surface area (Å²) in [5.74, 6) is 1.39. The van der Waals surface area contributed by atoms with Crippen LogP contribution in [0, 0.1) is 5.92 Å². The molecule has 0 aromatic carbocycles. The van der Waals surface area contributed by atoms with E-state index in [0.29, 0.717) is 25.1 Å². The van der Waals surface area contributed by atoms with Gasteiger partial charge in [0.25, 0.3) is 0 Å². The zero-order valence-corrected chi connectivity index (χ0v) is 20.2. The molecule has 3 N–H and O–H groups in total. The second-order valence-electron chi connectivity index (χ2n) is 7.64. The Balaban J connectivity index is 0.00000392. The fourth-order valence-electron chi connectivity index (χ4n) is 3.52. The van der Waals surface area contributed by atoms with Crippen LogP contribution < -0.4 is 16.0 Å². The Hall–Kier alpha value is -0.770. The maximum atomic E-state index is 11.8. The lowest BCUT2D eigenvalue weighted by atomic mass is 10.0. The molecule has 164 valence electrons. The van der Waals surface area contributed by atoms with Gasteiger partial charge in [0.05, 0.1) is 19.2 Å². The second-order valence-corrected chi connectivity index (χ2v) is 7.64. The van der Waals surface area contributed by atoms with Crippen molar-refractivity contribution < 1.29 is 9.53 Å². The van der Waals surface area contributed by atoms with Gasteiger partial charge in [-0.3, -0.25) is 4.99 Å². The van der Waals surface area contributed by atoms with Gasteiger partial charge in [0.2, 0.25) is 0 Å². The molecule has 2 fully saturated rings. The number of likely N-dealkylation sites (tertiary alicyclic amines) is 1. The lowest BCUT2D eigenvalue weighted by Crippen LogP contribution is -2.49. The van der Waals surface area contributed by atoms with Gasteiger partial charge in [-0.05, 0) is 58.4 Å². The first kappa shape index (κ1) is 25.3. The molecule has 0 bridgehead atoms. The van der Waals surface area contributed by atoms with E-state index in [1.165, 1.54) is 19.4 Å². The average molecular weight is 509 g/mol. The summed E-state index contributed by atoms with van der Waals surface area (Å²) in [6.45, 7) is 11.5. The monoisotopic (exact) mass is 509 g/mol. The lowest BCUT2D eigenvalue weighted by Gasteiger charge is -2.33. The highest BCUT2D eigenvalue weighted by molar-refractivity contribution is 14.0. The number of carbonyl (C=O) groups excluding carboxylic acids is 1. The summed E-state index contributed by atoms with van der Waals surface area (Å²) in [6, 6.07) is 0.536. The van der Waals surface area contributed by atoms with Crippen LogP contribution in [-0.2, 0) is 4.74 Å². The number of guanidine groups is 1. The van der Waals surface area contributed by atoms with Crippen LogP contribution in [0.4, 0.5) is 4.79 Å². The van der Waals surface area contributed by atoms with Gasteiger partial charge >= 0.3 is 6.09 Å². The highest BCUT2D eigenvalue weighted by Crippen LogP contribution is 2.32. The molecule has 1 saturated carbocycles. The van der Waals surface area contributed by atoms with Gasteiger partial charge in [-0.15, -0.1) is 24.0 Å². The predicted molar refractivity (Wildman–Crippen MR) is 126 cm³/mol. The second kappa shape index (κ2) is 14.3. The van der Waals surface area contributed by atoms with Gasteiger partial charge in [0, 0.05) is 25.7 Å². The lowest BCUT2D eigenvalue weighted by molar-refractivity contribution is 0.147.